The summed E-state index contributed by atoms with van der Waals surface area (Å²) < 4.78 is 3.42. The van der Waals surface area contributed by atoms with E-state index in [0.29, 0.717) is 5.69 Å². The summed E-state index contributed by atoms with van der Waals surface area (Å²) in [6, 6.07) is 9.34. The zero-order valence-corrected chi connectivity index (χ0v) is 16.6. The average molecular weight is 377 g/mol. The lowest BCUT2D eigenvalue weighted by Crippen LogP contribution is -2.29. The second-order valence-corrected chi connectivity index (χ2v) is 7.04. The molecule has 0 saturated carbocycles. The van der Waals surface area contributed by atoms with E-state index >= 15 is 0 Å². The van der Waals surface area contributed by atoms with Gasteiger partial charge >= 0.3 is 0 Å². The third kappa shape index (κ3) is 2.96. The Hall–Kier alpha value is -3.42. The molecular weight excluding hydrogens is 354 g/mol. The number of benzene rings is 1. The van der Waals surface area contributed by atoms with Crippen molar-refractivity contribution >= 4 is 16.9 Å². The van der Waals surface area contributed by atoms with Crippen molar-refractivity contribution in [1.29, 1.82) is 0 Å². The molecule has 4 rings (SSSR count). The minimum atomic E-state index is -0.264. The predicted molar refractivity (Wildman–Crippen MR) is 107 cm³/mol. The molecular formula is C20H23N7O. The number of rotatable bonds is 4. The lowest BCUT2D eigenvalue weighted by Gasteiger charge is -2.11. The lowest BCUT2D eigenvalue weighted by atomic mass is 10.1. The van der Waals surface area contributed by atoms with E-state index in [9.17, 15) is 4.79 Å². The maximum absolute atomic E-state index is 12.8. The summed E-state index contributed by atoms with van der Waals surface area (Å²) in [6.07, 6.45) is 0. The maximum Gasteiger partial charge on any atom is 0.270 e. The molecule has 0 bridgehead atoms. The van der Waals surface area contributed by atoms with Gasteiger partial charge < -0.3 is 10.3 Å². The number of nitrogens with one attached hydrogen (secondary N) is 2. The van der Waals surface area contributed by atoms with Crippen molar-refractivity contribution < 1.29 is 4.79 Å². The molecule has 8 heteroatoms. The van der Waals surface area contributed by atoms with Gasteiger partial charge in [-0.15, -0.1) is 0 Å². The van der Waals surface area contributed by atoms with Crippen LogP contribution < -0.4 is 5.32 Å². The number of carbonyl (C=O) groups is 1. The number of amides is 1. The highest BCUT2D eigenvalue weighted by Gasteiger charge is 2.21. The topological polar surface area (TPSA) is 93.4 Å². The zero-order valence-electron chi connectivity index (χ0n) is 16.6. The number of hydrogen-bond acceptors (Lipinski definition) is 4. The molecule has 0 spiro atoms. The quantitative estimate of drug-likeness (QED) is 0.572. The van der Waals surface area contributed by atoms with E-state index in [4.69, 9.17) is 0 Å². The van der Waals surface area contributed by atoms with Crippen LogP contribution in [0, 0.1) is 13.8 Å². The van der Waals surface area contributed by atoms with Gasteiger partial charge in [-0.25, -0.2) is 4.98 Å². The van der Waals surface area contributed by atoms with Crippen LogP contribution in [-0.4, -0.2) is 35.4 Å². The van der Waals surface area contributed by atoms with Crippen LogP contribution >= 0.6 is 0 Å². The third-order valence-corrected chi connectivity index (χ3v) is 5.04. The van der Waals surface area contributed by atoms with Crippen molar-refractivity contribution in [2.75, 3.05) is 0 Å². The van der Waals surface area contributed by atoms with Crippen molar-refractivity contribution in [3.63, 3.8) is 0 Å². The summed E-state index contributed by atoms with van der Waals surface area (Å²) in [5.41, 5.74) is 5.92. The standard InChI is InChI=1S/C20H23N7O/c1-11-18(13(3)26(4)24-11)16-10-17(27(5)25-16)20(28)21-12(2)19-22-14-8-6-7-9-15(14)23-19/h6-10,12H,1-5H3,(H,21,28)(H,22,23)/t12-/m1/s1. The summed E-state index contributed by atoms with van der Waals surface area (Å²) in [5, 5.41) is 12.0. The fraction of sp³-hybridized carbons (Fsp3) is 0.300. The number of para-hydroxylation sites is 2. The fourth-order valence-corrected chi connectivity index (χ4v) is 3.46. The second-order valence-electron chi connectivity index (χ2n) is 7.04. The van der Waals surface area contributed by atoms with E-state index < -0.39 is 0 Å². The molecule has 1 atom stereocenters. The molecule has 28 heavy (non-hydrogen) atoms. The first-order valence-corrected chi connectivity index (χ1v) is 9.15. The predicted octanol–water partition coefficient (Wildman–Crippen LogP) is 2.80. The van der Waals surface area contributed by atoms with Crippen LogP contribution in [0.3, 0.4) is 0 Å². The molecule has 0 aliphatic carbocycles. The summed E-state index contributed by atoms with van der Waals surface area (Å²) in [4.78, 5) is 20.7. The average Bonchev–Trinajstić information content (AvgIpc) is 3.31. The van der Waals surface area contributed by atoms with E-state index in [1.165, 1.54) is 0 Å². The van der Waals surface area contributed by atoms with Crippen LogP contribution in [0.4, 0.5) is 0 Å². The van der Waals surface area contributed by atoms with Gasteiger partial charge in [-0.3, -0.25) is 14.2 Å². The van der Waals surface area contributed by atoms with Gasteiger partial charge in [-0.05, 0) is 39.0 Å². The zero-order chi connectivity index (χ0) is 20.0. The molecule has 0 saturated heterocycles. The Labute approximate surface area is 162 Å². The molecule has 8 nitrogen and oxygen atoms in total. The Morgan fingerprint density at radius 1 is 1.14 bits per heavy atom. The molecule has 4 aromatic rings. The molecule has 1 aromatic carbocycles. The van der Waals surface area contributed by atoms with Gasteiger partial charge in [0.15, 0.2) is 0 Å². The van der Waals surface area contributed by atoms with Crippen LogP contribution in [0.1, 0.15) is 40.7 Å². The monoisotopic (exact) mass is 377 g/mol. The van der Waals surface area contributed by atoms with Crippen molar-refractivity contribution in [2.24, 2.45) is 14.1 Å². The van der Waals surface area contributed by atoms with Gasteiger partial charge in [0.2, 0.25) is 0 Å². The van der Waals surface area contributed by atoms with Gasteiger partial charge in [0, 0.05) is 25.4 Å². The van der Waals surface area contributed by atoms with Gasteiger partial charge in [0.05, 0.1) is 28.5 Å². The molecule has 0 radical (unpaired) electrons. The first-order valence-electron chi connectivity index (χ1n) is 9.15. The van der Waals surface area contributed by atoms with E-state index in [2.05, 4.69) is 25.5 Å². The van der Waals surface area contributed by atoms with Crippen molar-refractivity contribution in [3.8, 4) is 11.3 Å². The number of nitrogens with zero attached hydrogens (tertiary/aromatic N) is 5. The summed E-state index contributed by atoms with van der Waals surface area (Å²) in [5.74, 6) is 0.518. The Morgan fingerprint density at radius 2 is 1.89 bits per heavy atom. The number of aryl methyl sites for hydroxylation is 3. The third-order valence-electron chi connectivity index (χ3n) is 5.04. The highest BCUT2D eigenvalue weighted by atomic mass is 16.2. The Morgan fingerprint density at radius 3 is 2.57 bits per heavy atom. The van der Waals surface area contributed by atoms with Crippen molar-refractivity contribution in [2.45, 2.75) is 26.8 Å². The normalized spacial score (nSPS) is 12.5. The van der Waals surface area contributed by atoms with Gasteiger partial charge in [-0.2, -0.15) is 10.2 Å². The smallest absolute Gasteiger partial charge is 0.270 e. The first-order chi connectivity index (χ1) is 13.3. The van der Waals surface area contributed by atoms with Crippen LogP contribution in [0.25, 0.3) is 22.3 Å². The SMILES string of the molecule is Cc1nn(C)c(C)c1-c1cc(C(=O)N[C@H](C)c2nc3ccccc3[nH]2)n(C)n1. The largest absolute Gasteiger partial charge is 0.341 e. The van der Waals surface area contributed by atoms with Crippen LogP contribution in [-0.2, 0) is 14.1 Å². The molecule has 0 aliphatic rings. The van der Waals surface area contributed by atoms with E-state index in [1.807, 2.05) is 56.8 Å². The van der Waals surface area contributed by atoms with Crippen LogP contribution in [0.15, 0.2) is 30.3 Å². The van der Waals surface area contributed by atoms with E-state index in [-0.39, 0.29) is 11.9 Å². The number of imidazole rings is 1. The summed E-state index contributed by atoms with van der Waals surface area (Å²) >= 11 is 0. The van der Waals surface area contributed by atoms with Gasteiger partial charge in [0.1, 0.15) is 11.5 Å². The van der Waals surface area contributed by atoms with Gasteiger partial charge in [0.25, 0.3) is 5.91 Å². The van der Waals surface area contributed by atoms with Crippen molar-refractivity contribution in [1.82, 2.24) is 34.8 Å². The lowest BCUT2D eigenvalue weighted by molar-refractivity contribution is 0.0929. The Kier molecular flexibility index (Phi) is 4.26. The van der Waals surface area contributed by atoms with E-state index in [0.717, 1.165) is 39.5 Å². The minimum Gasteiger partial charge on any atom is -0.341 e. The molecule has 0 fully saturated rings. The molecule has 3 aromatic heterocycles. The van der Waals surface area contributed by atoms with Crippen LogP contribution in [0.2, 0.25) is 0 Å². The highest BCUT2D eigenvalue weighted by Crippen LogP contribution is 2.26. The summed E-state index contributed by atoms with van der Waals surface area (Å²) in [7, 11) is 3.67. The van der Waals surface area contributed by atoms with Crippen LogP contribution in [0.5, 0.6) is 0 Å². The highest BCUT2D eigenvalue weighted by molar-refractivity contribution is 5.94. The Balaban J connectivity index is 1.59. The minimum absolute atomic E-state index is 0.201. The van der Waals surface area contributed by atoms with Gasteiger partial charge in [-0.1, -0.05) is 12.1 Å². The number of carbonyl (C=O) groups excluding carboxylic acids is 1. The molecule has 0 aliphatic heterocycles. The second kappa shape index (κ2) is 6.63. The summed E-state index contributed by atoms with van der Waals surface area (Å²) in [6.45, 7) is 5.84. The molecule has 144 valence electrons. The Bertz CT molecular complexity index is 1150. The first kappa shape index (κ1) is 18.0. The molecule has 3 heterocycles. The number of hydrogen-bond donors (Lipinski definition) is 2. The molecule has 1 amide bonds. The fourth-order valence-electron chi connectivity index (χ4n) is 3.46. The van der Waals surface area contributed by atoms with Crippen molar-refractivity contribution in [3.05, 3.63) is 53.2 Å². The number of fused-ring (bicyclic) bond motifs is 1. The maximum atomic E-state index is 12.8. The number of H-pyrrole nitrogens is 1. The number of aromatic nitrogens is 6. The molecule has 2 N–H and O–H groups in total. The number of aromatic amines is 1. The molecule has 0 unspecified atom stereocenters. The van der Waals surface area contributed by atoms with E-state index in [1.54, 1.807) is 17.8 Å².